The van der Waals surface area contributed by atoms with Crippen molar-refractivity contribution in [2.45, 2.75) is 65.8 Å². The van der Waals surface area contributed by atoms with Gasteiger partial charge in [-0.25, -0.2) is 9.78 Å². The van der Waals surface area contributed by atoms with Gasteiger partial charge in [-0.3, -0.25) is 18.9 Å². The summed E-state index contributed by atoms with van der Waals surface area (Å²) in [6.45, 7) is 6.92. The predicted octanol–water partition coefficient (Wildman–Crippen LogP) is 4.91. The van der Waals surface area contributed by atoms with Crippen LogP contribution in [0.15, 0.2) is 62.6 Å². The number of benzene rings is 2. The molecule has 4 rings (SSSR count). The van der Waals surface area contributed by atoms with Crippen LogP contribution in [0.4, 0.5) is 0 Å². The fraction of sp³-hybridized carbons (Fsp3) is 0.357. The minimum atomic E-state index is -0.583. The quantitative estimate of drug-likeness (QED) is 0.305. The summed E-state index contributed by atoms with van der Waals surface area (Å²) in [6, 6.07) is 15.9. The number of H-pyrrole nitrogens is 1. The first-order valence-corrected chi connectivity index (χ1v) is 12.4. The Bertz CT molecular complexity index is 1400. The van der Waals surface area contributed by atoms with Crippen LogP contribution in [0.5, 0.6) is 0 Å². The third-order valence-corrected chi connectivity index (χ3v) is 6.31. The molecule has 183 valence electrons. The van der Waals surface area contributed by atoms with E-state index in [4.69, 9.17) is 4.98 Å². The summed E-state index contributed by atoms with van der Waals surface area (Å²) in [5.74, 6) is 0.616. The Morgan fingerprint density at radius 2 is 1.64 bits per heavy atom. The summed E-state index contributed by atoms with van der Waals surface area (Å²) in [5, 5.41) is 3.84. The molecule has 2 aromatic carbocycles. The SMILES string of the molecule is CCCCc1nc(C)n(CCCC)c(=O)c1Cc1ccc(-c2ccccc2-c2noc(=O)[nH]2)cc1.[K]. The number of aromatic amines is 1. The van der Waals surface area contributed by atoms with E-state index < -0.39 is 5.76 Å². The van der Waals surface area contributed by atoms with Gasteiger partial charge in [-0.15, -0.1) is 0 Å². The number of hydrogen-bond acceptors (Lipinski definition) is 5. The van der Waals surface area contributed by atoms with Gasteiger partial charge in [0.05, 0.1) is 5.69 Å². The zero-order chi connectivity index (χ0) is 24.8. The van der Waals surface area contributed by atoms with Crippen molar-refractivity contribution in [1.29, 1.82) is 0 Å². The molecule has 1 N–H and O–H groups in total. The molecule has 2 heterocycles. The van der Waals surface area contributed by atoms with Crippen LogP contribution >= 0.6 is 0 Å². The molecule has 0 amide bonds. The van der Waals surface area contributed by atoms with Crippen LogP contribution in [-0.4, -0.2) is 71.1 Å². The molecule has 0 aliphatic heterocycles. The molecular weight excluding hydrogens is 479 g/mol. The molecule has 0 spiro atoms. The van der Waals surface area contributed by atoms with E-state index in [0.717, 1.165) is 71.4 Å². The van der Waals surface area contributed by atoms with Crippen molar-refractivity contribution in [1.82, 2.24) is 19.7 Å². The van der Waals surface area contributed by atoms with Crippen molar-refractivity contribution in [2.24, 2.45) is 0 Å². The molecule has 0 aliphatic rings. The van der Waals surface area contributed by atoms with Crippen LogP contribution in [0, 0.1) is 6.92 Å². The number of aryl methyl sites for hydroxylation is 2. The second-order valence-electron chi connectivity index (χ2n) is 8.86. The first-order chi connectivity index (χ1) is 17.0. The molecule has 0 aliphatic carbocycles. The summed E-state index contributed by atoms with van der Waals surface area (Å²) >= 11 is 0. The van der Waals surface area contributed by atoms with Crippen LogP contribution in [0.1, 0.15) is 62.2 Å². The molecule has 0 saturated carbocycles. The molecule has 0 atom stereocenters. The van der Waals surface area contributed by atoms with E-state index >= 15 is 0 Å². The van der Waals surface area contributed by atoms with Crippen LogP contribution in [0.25, 0.3) is 22.5 Å². The van der Waals surface area contributed by atoms with Crippen molar-refractivity contribution < 1.29 is 4.52 Å². The number of hydrogen-bond donors (Lipinski definition) is 1. The first kappa shape index (κ1) is 28.5. The van der Waals surface area contributed by atoms with Gasteiger partial charge in [-0.1, -0.05) is 80.4 Å². The Morgan fingerprint density at radius 1 is 0.944 bits per heavy atom. The monoisotopic (exact) mass is 511 g/mol. The van der Waals surface area contributed by atoms with Gasteiger partial charge in [0.2, 0.25) is 0 Å². The zero-order valence-electron chi connectivity index (χ0n) is 21.6. The zero-order valence-corrected chi connectivity index (χ0v) is 24.8. The van der Waals surface area contributed by atoms with Gasteiger partial charge in [0.1, 0.15) is 5.82 Å². The van der Waals surface area contributed by atoms with Crippen molar-refractivity contribution in [3.63, 3.8) is 0 Å². The molecule has 0 bridgehead atoms. The van der Waals surface area contributed by atoms with Gasteiger partial charge in [-0.05, 0) is 42.9 Å². The molecule has 1 radical (unpaired) electrons. The smallest absolute Gasteiger partial charge is 0.297 e. The molecule has 0 fully saturated rings. The summed E-state index contributed by atoms with van der Waals surface area (Å²) in [4.78, 5) is 32.4. The predicted molar refractivity (Wildman–Crippen MR) is 143 cm³/mol. The van der Waals surface area contributed by atoms with Crippen molar-refractivity contribution in [3.8, 4) is 22.5 Å². The summed E-state index contributed by atoms with van der Waals surface area (Å²) < 4.78 is 6.52. The normalized spacial score (nSPS) is 10.9. The van der Waals surface area contributed by atoms with Gasteiger partial charge in [0.15, 0.2) is 5.82 Å². The van der Waals surface area contributed by atoms with Crippen LogP contribution in [0.2, 0.25) is 0 Å². The van der Waals surface area contributed by atoms with E-state index in [0.29, 0.717) is 18.8 Å². The number of unbranched alkanes of at least 4 members (excludes halogenated alkanes) is 2. The number of nitrogens with zero attached hydrogens (tertiary/aromatic N) is 3. The van der Waals surface area contributed by atoms with E-state index in [1.807, 2.05) is 47.9 Å². The fourth-order valence-electron chi connectivity index (χ4n) is 4.36. The number of nitrogens with one attached hydrogen (secondary N) is 1. The maximum absolute atomic E-state index is 13.5. The molecule has 0 saturated heterocycles. The van der Waals surface area contributed by atoms with E-state index in [1.54, 1.807) is 0 Å². The van der Waals surface area contributed by atoms with Crippen LogP contribution in [-0.2, 0) is 19.4 Å². The minimum absolute atomic E-state index is 0. The van der Waals surface area contributed by atoms with Gasteiger partial charge in [0.25, 0.3) is 5.56 Å². The largest absolute Gasteiger partial charge is 0.439 e. The van der Waals surface area contributed by atoms with E-state index in [1.165, 1.54) is 0 Å². The maximum atomic E-state index is 13.5. The second kappa shape index (κ2) is 13.4. The average molecular weight is 512 g/mol. The maximum Gasteiger partial charge on any atom is 0.439 e. The molecule has 8 heteroatoms. The Hall–Kier alpha value is -2.10. The van der Waals surface area contributed by atoms with Crippen LogP contribution in [0.3, 0.4) is 0 Å². The number of rotatable bonds is 10. The number of aromatic nitrogens is 4. The van der Waals surface area contributed by atoms with Gasteiger partial charge >= 0.3 is 5.76 Å². The van der Waals surface area contributed by atoms with Gasteiger partial charge in [0, 0.05) is 75.5 Å². The van der Waals surface area contributed by atoms with Crippen molar-refractivity contribution in [3.05, 3.63) is 92.1 Å². The topological polar surface area (TPSA) is 93.8 Å². The third-order valence-electron chi connectivity index (χ3n) is 6.31. The molecular formula is C28H32KN4O3. The van der Waals surface area contributed by atoms with Crippen molar-refractivity contribution >= 4 is 51.4 Å². The Kier molecular flexibility index (Phi) is 10.6. The summed E-state index contributed by atoms with van der Waals surface area (Å²) in [6.07, 6.45) is 5.43. The van der Waals surface area contributed by atoms with E-state index in [-0.39, 0.29) is 56.9 Å². The Morgan fingerprint density at radius 3 is 2.28 bits per heavy atom. The molecule has 4 aromatic rings. The molecule has 2 aromatic heterocycles. The molecule has 7 nitrogen and oxygen atoms in total. The fourth-order valence-corrected chi connectivity index (χ4v) is 4.36. The average Bonchev–Trinajstić information content (AvgIpc) is 3.31. The molecule has 0 unspecified atom stereocenters. The standard InChI is InChI=1S/C28H32N4O3.K/c1-4-6-12-25-24(27(33)32(17-7-5-2)19(3)29-25)18-20-13-15-21(16-14-20)22-10-8-9-11-23(22)26-30-28(34)35-31-26;/h8-11,13-16H,4-7,12,17-18H2,1-3H3,(H,30,31,34);. The van der Waals surface area contributed by atoms with Gasteiger partial charge < -0.3 is 0 Å². The van der Waals surface area contributed by atoms with Crippen LogP contribution < -0.4 is 11.3 Å². The van der Waals surface area contributed by atoms with Crippen molar-refractivity contribution in [2.75, 3.05) is 0 Å². The first-order valence-electron chi connectivity index (χ1n) is 12.4. The second-order valence-corrected chi connectivity index (χ2v) is 8.86. The third kappa shape index (κ3) is 6.60. The minimum Gasteiger partial charge on any atom is -0.297 e. The van der Waals surface area contributed by atoms with Gasteiger partial charge in [-0.2, -0.15) is 0 Å². The molecule has 36 heavy (non-hydrogen) atoms. The Balaban J connectivity index is 0.00000361. The van der Waals surface area contributed by atoms with E-state index in [2.05, 4.69) is 40.6 Å². The summed E-state index contributed by atoms with van der Waals surface area (Å²) in [7, 11) is 0. The van der Waals surface area contributed by atoms with E-state index in [9.17, 15) is 9.59 Å². The summed E-state index contributed by atoms with van der Waals surface area (Å²) in [5.41, 5.74) is 5.58. The Labute approximate surface area is 253 Å².